The van der Waals surface area contributed by atoms with Crippen molar-refractivity contribution in [1.29, 1.82) is 0 Å². The van der Waals surface area contributed by atoms with E-state index in [4.69, 9.17) is 4.74 Å². The molecule has 2 aromatic rings. The van der Waals surface area contributed by atoms with E-state index in [1.165, 1.54) is 6.07 Å². The van der Waals surface area contributed by atoms with Gasteiger partial charge in [0.15, 0.2) is 0 Å². The highest BCUT2D eigenvalue weighted by Crippen LogP contribution is 2.21. The minimum atomic E-state index is -0.727. The van der Waals surface area contributed by atoms with Crippen LogP contribution in [0.25, 0.3) is 0 Å². The maximum Gasteiger partial charge on any atom is 0.338 e. The van der Waals surface area contributed by atoms with Crippen molar-refractivity contribution in [2.75, 3.05) is 11.9 Å². The number of ether oxygens (including phenoxy) is 1. The number of non-ortho nitro benzene ring substituents is 1. The smallest absolute Gasteiger partial charge is 0.338 e. The summed E-state index contributed by atoms with van der Waals surface area (Å²) >= 11 is 0. The molecule has 2 rings (SSSR count). The summed E-state index contributed by atoms with van der Waals surface area (Å²) in [6, 6.07) is 5.17. The van der Waals surface area contributed by atoms with Crippen LogP contribution in [0.5, 0.6) is 0 Å². The molecule has 0 aliphatic rings. The van der Waals surface area contributed by atoms with Gasteiger partial charge < -0.3 is 10.1 Å². The Balaban J connectivity index is 2.35. The van der Waals surface area contributed by atoms with Crippen LogP contribution < -0.4 is 5.32 Å². The second-order valence-electron chi connectivity index (χ2n) is 5.62. The largest absolute Gasteiger partial charge is 0.462 e. The normalized spacial score (nSPS) is 11.7. The van der Waals surface area contributed by atoms with Crippen molar-refractivity contribution in [3.8, 4) is 0 Å². The lowest BCUT2D eigenvalue weighted by Crippen LogP contribution is -2.18. The highest BCUT2D eigenvalue weighted by atomic mass is 16.6. The molecule has 1 amide bonds. The summed E-state index contributed by atoms with van der Waals surface area (Å²) in [6.07, 6.45) is 2.37. The molecule has 1 aromatic heterocycles. The molecule has 0 spiro atoms. The van der Waals surface area contributed by atoms with Gasteiger partial charge in [-0.2, -0.15) is 5.10 Å². The zero-order valence-electron chi connectivity index (χ0n) is 14.8. The molecule has 0 bridgehead atoms. The summed E-state index contributed by atoms with van der Waals surface area (Å²) in [7, 11) is 0. The lowest BCUT2D eigenvalue weighted by molar-refractivity contribution is -0.384. The first-order chi connectivity index (χ1) is 12.4. The van der Waals surface area contributed by atoms with E-state index < -0.39 is 16.8 Å². The third-order valence-corrected chi connectivity index (χ3v) is 3.82. The molecular weight excluding hydrogens is 340 g/mol. The summed E-state index contributed by atoms with van der Waals surface area (Å²) in [5.41, 5.74) is -0.433. The van der Waals surface area contributed by atoms with Crippen molar-refractivity contribution < 1.29 is 19.2 Å². The molecule has 1 heterocycles. The van der Waals surface area contributed by atoms with Crippen molar-refractivity contribution in [3.05, 3.63) is 51.7 Å². The van der Waals surface area contributed by atoms with Crippen LogP contribution in [0.3, 0.4) is 0 Å². The zero-order chi connectivity index (χ0) is 19.3. The number of carbonyl (C=O) groups excluding carboxylic acids is 2. The number of hydrogen-bond donors (Lipinski definition) is 1. The number of benzene rings is 1. The Morgan fingerprint density at radius 1 is 1.31 bits per heavy atom. The molecule has 26 heavy (non-hydrogen) atoms. The maximum absolute atomic E-state index is 12.6. The number of aromatic nitrogens is 2. The molecule has 138 valence electrons. The van der Waals surface area contributed by atoms with E-state index >= 15 is 0 Å². The molecule has 1 unspecified atom stereocenters. The zero-order valence-corrected chi connectivity index (χ0v) is 14.8. The van der Waals surface area contributed by atoms with E-state index in [1.807, 2.05) is 13.8 Å². The van der Waals surface area contributed by atoms with Gasteiger partial charge in [0.2, 0.25) is 0 Å². The van der Waals surface area contributed by atoms with Crippen molar-refractivity contribution in [2.24, 2.45) is 0 Å². The molecule has 0 saturated carbocycles. The Morgan fingerprint density at radius 2 is 2.00 bits per heavy atom. The van der Waals surface area contributed by atoms with E-state index in [-0.39, 0.29) is 29.5 Å². The molecule has 0 aliphatic carbocycles. The Kier molecular flexibility index (Phi) is 6.05. The molecule has 1 N–H and O–H groups in total. The standard InChI is InChI=1S/C17H20N4O5/c1-4-11(3)20-15(6-7-18-20)19-16(22)12-8-13(17(23)26-5-2)10-14(9-12)21(24)25/h6-11H,4-5H2,1-3H3,(H,19,22). The van der Waals surface area contributed by atoms with Gasteiger partial charge in [-0.25, -0.2) is 9.48 Å². The summed E-state index contributed by atoms with van der Waals surface area (Å²) in [5.74, 6) is -0.840. The highest BCUT2D eigenvalue weighted by Gasteiger charge is 2.20. The number of nitro groups is 1. The molecule has 1 aromatic carbocycles. The Morgan fingerprint density at radius 3 is 2.62 bits per heavy atom. The quantitative estimate of drug-likeness (QED) is 0.460. The van der Waals surface area contributed by atoms with Crippen LogP contribution in [-0.4, -0.2) is 33.2 Å². The van der Waals surface area contributed by atoms with Gasteiger partial charge in [-0.15, -0.1) is 0 Å². The van der Waals surface area contributed by atoms with Crippen LogP contribution in [0.1, 0.15) is 53.9 Å². The number of anilines is 1. The Bertz CT molecular complexity index is 830. The minimum Gasteiger partial charge on any atom is -0.462 e. The molecule has 1 atom stereocenters. The number of carbonyl (C=O) groups is 2. The van der Waals surface area contributed by atoms with Crippen molar-refractivity contribution >= 4 is 23.4 Å². The van der Waals surface area contributed by atoms with Crippen LogP contribution in [0.2, 0.25) is 0 Å². The maximum atomic E-state index is 12.6. The van der Waals surface area contributed by atoms with E-state index in [1.54, 1.807) is 23.9 Å². The molecule has 0 saturated heterocycles. The van der Waals surface area contributed by atoms with Crippen molar-refractivity contribution in [1.82, 2.24) is 9.78 Å². The fraction of sp³-hybridized carbons (Fsp3) is 0.353. The van der Waals surface area contributed by atoms with Crippen molar-refractivity contribution in [2.45, 2.75) is 33.2 Å². The average Bonchev–Trinajstić information content (AvgIpc) is 3.08. The van der Waals surface area contributed by atoms with Gasteiger partial charge in [-0.05, 0) is 26.3 Å². The van der Waals surface area contributed by atoms with Crippen LogP contribution in [0.4, 0.5) is 11.5 Å². The molecular formula is C17H20N4O5. The predicted octanol–water partition coefficient (Wildman–Crippen LogP) is 3.19. The molecule has 0 aliphatic heterocycles. The van der Waals surface area contributed by atoms with E-state index in [0.717, 1.165) is 18.6 Å². The summed E-state index contributed by atoms with van der Waals surface area (Å²) in [5, 5.41) is 18.0. The fourth-order valence-corrected chi connectivity index (χ4v) is 2.31. The Hall–Kier alpha value is -3.23. The van der Waals surface area contributed by atoms with Gasteiger partial charge in [0.25, 0.3) is 11.6 Å². The number of amides is 1. The van der Waals surface area contributed by atoms with Crippen LogP contribution in [0, 0.1) is 10.1 Å². The molecule has 0 radical (unpaired) electrons. The van der Waals surface area contributed by atoms with Gasteiger partial charge >= 0.3 is 5.97 Å². The van der Waals surface area contributed by atoms with E-state index in [0.29, 0.717) is 5.82 Å². The number of hydrogen-bond acceptors (Lipinski definition) is 6. The number of rotatable bonds is 7. The number of nitrogens with one attached hydrogen (secondary N) is 1. The van der Waals surface area contributed by atoms with E-state index in [2.05, 4.69) is 10.4 Å². The number of esters is 1. The van der Waals surface area contributed by atoms with Crippen LogP contribution >= 0.6 is 0 Å². The second kappa shape index (κ2) is 8.24. The summed E-state index contributed by atoms with van der Waals surface area (Å²) in [4.78, 5) is 34.9. The van der Waals surface area contributed by atoms with Crippen LogP contribution in [0.15, 0.2) is 30.5 Å². The first kappa shape index (κ1) is 19.1. The van der Waals surface area contributed by atoms with Crippen molar-refractivity contribution in [3.63, 3.8) is 0 Å². The summed E-state index contributed by atoms with van der Waals surface area (Å²) in [6.45, 7) is 5.69. The minimum absolute atomic E-state index is 0.0147. The summed E-state index contributed by atoms with van der Waals surface area (Å²) < 4.78 is 6.52. The Labute approximate surface area is 150 Å². The lowest BCUT2D eigenvalue weighted by Gasteiger charge is -2.14. The fourth-order valence-electron chi connectivity index (χ4n) is 2.31. The monoisotopic (exact) mass is 360 g/mol. The highest BCUT2D eigenvalue weighted by molar-refractivity contribution is 6.06. The van der Waals surface area contributed by atoms with Gasteiger partial charge in [0.05, 0.1) is 29.3 Å². The first-order valence-electron chi connectivity index (χ1n) is 8.18. The van der Waals surface area contributed by atoms with Crippen LogP contribution in [-0.2, 0) is 4.74 Å². The van der Waals surface area contributed by atoms with Gasteiger partial charge in [-0.3, -0.25) is 14.9 Å². The third-order valence-electron chi connectivity index (χ3n) is 3.82. The predicted molar refractivity (Wildman–Crippen MR) is 94.2 cm³/mol. The second-order valence-corrected chi connectivity index (χ2v) is 5.62. The van der Waals surface area contributed by atoms with Gasteiger partial charge in [0.1, 0.15) is 5.82 Å². The number of nitro benzene ring substituents is 1. The first-order valence-corrected chi connectivity index (χ1v) is 8.18. The topological polar surface area (TPSA) is 116 Å². The van der Waals surface area contributed by atoms with Gasteiger partial charge in [0, 0.05) is 23.8 Å². The lowest BCUT2D eigenvalue weighted by atomic mass is 10.1. The number of nitrogens with zero attached hydrogens (tertiary/aromatic N) is 3. The SMILES string of the molecule is CCOC(=O)c1cc(C(=O)Nc2ccnn2C(C)CC)cc([N+](=O)[O-])c1. The van der Waals surface area contributed by atoms with E-state index in [9.17, 15) is 19.7 Å². The third kappa shape index (κ3) is 4.24. The van der Waals surface area contributed by atoms with Gasteiger partial charge in [-0.1, -0.05) is 6.92 Å². The molecule has 9 heteroatoms. The molecule has 0 fully saturated rings. The average molecular weight is 360 g/mol. The molecule has 9 nitrogen and oxygen atoms in total.